The number of fused-ring (bicyclic) bond motifs is 1. The van der Waals surface area contributed by atoms with Crippen LogP contribution < -0.4 is 19.7 Å². The second-order valence-electron chi connectivity index (χ2n) is 8.26. The number of nitrogens with one attached hydrogen (secondary N) is 1. The summed E-state index contributed by atoms with van der Waals surface area (Å²) < 4.78 is 11.1. The highest BCUT2D eigenvalue weighted by Gasteiger charge is 2.33. The fraction of sp³-hybridized carbons (Fsp3) is 0.179. The van der Waals surface area contributed by atoms with Gasteiger partial charge >= 0.3 is 0 Å². The lowest BCUT2D eigenvalue weighted by molar-refractivity contribution is -0.125. The number of anilines is 2. The third-order valence-electron chi connectivity index (χ3n) is 5.86. The monoisotopic (exact) mass is 499 g/mol. The van der Waals surface area contributed by atoms with Crippen LogP contribution in [0, 0.1) is 0 Å². The average Bonchev–Trinajstić information content (AvgIpc) is 3.40. The Labute approximate surface area is 213 Å². The molecule has 2 amide bonds. The van der Waals surface area contributed by atoms with Crippen molar-refractivity contribution in [1.29, 1.82) is 0 Å². The zero-order valence-corrected chi connectivity index (χ0v) is 20.7. The molecule has 3 aromatic carbocycles. The van der Waals surface area contributed by atoms with Gasteiger partial charge in [0.05, 0.1) is 18.0 Å². The number of benzene rings is 3. The van der Waals surface area contributed by atoms with E-state index in [1.54, 1.807) is 42.5 Å². The van der Waals surface area contributed by atoms with E-state index in [1.165, 1.54) is 4.90 Å². The third-order valence-corrected chi connectivity index (χ3v) is 6.75. The lowest BCUT2D eigenvalue weighted by Gasteiger charge is -2.33. The first-order valence-electron chi connectivity index (χ1n) is 11.7. The predicted octanol–water partition coefficient (Wildman–Crippen LogP) is 5.63. The van der Waals surface area contributed by atoms with Crippen LogP contribution in [0.5, 0.6) is 11.5 Å². The van der Waals surface area contributed by atoms with Crippen LogP contribution >= 0.6 is 11.3 Å². The van der Waals surface area contributed by atoms with Gasteiger partial charge in [0.15, 0.2) is 6.61 Å². The van der Waals surface area contributed by atoms with Gasteiger partial charge in [-0.2, -0.15) is 0 Å². The van der Waals surface area contributed by atoms with Crippen LogP contribution in [0.2, 0.25) is 0 Å². The molecule has 1 aliphatic rings. The van der Waals surface area contributed by atoms with Gasteiger partial charge in [-0.25, -0.2) is 4.98 Å². The molecule has 0 bridgehead atoms. The molecule has 0 saturated carbocycles. The van der Waals surface area contributed by atoms with Crippen molar-refractivity contribution in [2.45, 2.75) is 19.9 Å². The lowest BCUT2D eigenvalue weighted by atomic mass is 10.1. The maximum Gasteiger partial charge on any atom is 0.265 e. The Morgan fingerprint density at radius 2 is 1.89 bits per heavy atom. The van der Waals surface area contributed by atoms with Crippen molar-refractivity contribution < 1.29 is 19.1 Å². The quantitative estimate of drug-likeness (QED) is 0.357. The zero-order chi connectivity index (χ0) is 25.1. The van der Waals surface area contributed by atoms with Crippen LogP contribution in [0.3, 0.4) is 0 Å². The lowest BCUT2D eigenvalue weighted by Crippen LogP contribution is -2.49. The van der Waals surface area contributed by atoms with Gasteiger partial charge in [0.2, 0.25) is 5.91 Å². The molecule has 0 radical (unpaired) electrons. The van der Waals surface area contributed by atoms with Gasteiger partial charge in [-0.1, -0.05) is 30.3 Å². The standard InChI is InChI=1S/C28H25N3O4S/c1-3-34-22-12-10-21(11-13-22)29-27(33)18(2)31-24-15-20(9-14-25(24)35-16-26(31)32)23-17-36-28(30-23)19-7-5-4-6-8-19/h4-15,17-18H,3,16H2,1-2H3,(H,29,33). The Morgan fingerprint density at radius 1 is 1.11 bits per heavy atom. The van der Waals surface area contributed by atoms with Crippen LogP contribution in [0.1, 0.15) is 13.8 Å². The van der Waals surface area contributed by atoms with Crippen LogP contribution in [-0.4, -0.2) is 36.1 Å². The molecule has 1 aliphatic heterocycles. The van der Waals surface area contributed by atoms with E-state index in [0.717, 1.165) is 27.6 Å². The number of ether oxygens (including phenoxy) is 2. The van der Waals surface area contributed by atoms with E-state index in [0.29, 0.717) is 23.7 Å². The Balaban J connectivity index is 1.39. The van der Waals surface area contributed by atoms with E-state index in [-0.39, 0.29) is 18.4 Å². The van der Waals surface area contributed by atoms with Crippen LogP contribution in [0.4, 0.5) is 11.4 Å². The number of hydrogen-bond donors (Lipinski definition) is 1. The molecule has 1 N–H and O–H groups in total. The summed E-state index contributed by atoms with van der Waals surface area (Å²) in [4.78, 5) is 32.3. The minimum Gasteiger partial charge on any atom is -0.494 e. The SMILES string of the molecule is CCOc1ccc(NC(=O)C(C)N2C(=O)COc3ccc(-c4csc(-c5ccccc5)n4)cc32)cc1. The smallest absolute Gasteiger partial charge is 0.265 e. The van der Waals surface area contributed by atoms with Gasteiger partial charge in [0.25, 0.3) is 5.91 Å². The van der Waals surface area contributed by atoms with Crippen molar-refractivity contribution in [1.82, 2.24) is 4.98 Å². The molecule has 8 heteroatoms. The molecule has 0 aliphatic carbocycles. The van der Waals surface area contributed by atoms with Crippen molar-refractivity contribution in [2.75, 3.05) is 23.4 Å². The topological polar surface area (TPSA) is 80.8 Å². The fourth-order valence-corrected chi connectivity index (χ4v) is 4.88. The maximum atomic E-state index is 13.1. The molecule has 2 heterocycles. The summed E-state index contributed by atoms with van der Waals surface area (Å²) in [7, 11) is 0. The van der Waals surface area contributed by atoms with Gasteiger partial charge in [0.1, 0.15) is 22.5 Å². The number of nitrogens with zero attached hydrogens (tertiary/aromatic N) is 2. The van der Waals surface area contributed by atoms with Gasteiger partial charge in [-0.05, 0) is 56.3 Å². The first kappa shape index (κ1) is 23.6. The molecule has 0 spiro atoms. The second kappa shape index (κ2) is 10.2. The molecule has 36 heavy (non-hydrogen) atoms. The number of hydrogen-bond acceptors (Lipinski definition) is 6. The minimum atomic E-state index is -0.753. The van der Waals surface area contributed by atoms with Gasteiger partial charge in [0, 0.05) is 22.2 Å². The highest BCUT2D eigenvalue weighted by molar-refractivity contribution is 7.13. The minimum absolute atomic E-state index is 0.123. The molecular weight excluding hydrogens is 474 g/mol. The number of rotatable bonds is 7. The van der Waals surface area contributed by atoms with E-state index >= 15 is 0 Å². The molecule has 1 unspecified atom stereocenters. The number of amides is 2. The number of aromatic nitrogens is 1. The fourth-order valence-electron chi connectivity index (χ4n) is 4.04. The summed E-state index contributed by atoms with van der Waals surface area (Å²) in [6.45, 7) is 4.07. The first-order valence-corrected chi connectivity index (χ1v) is 12.6. The van der Waals surface area contributed by atoms with Gasteiger partial charge < -0.3 is 14.8 Å². The third kappa shape index (κ3) is 4.81. The first-order chi connectivity index (χ1) is 17.5. The summed E-state index contributed by atoms with van der Waals surface area (Å²) >= 11 is 1.56. The van der Waals surface area contributed by atoms with Gasteiger partial charge in [-0.15, -0.1) is 11.3 Å². The molecule has 1 atom stereocenters. The highest BCUT2D eigenvalue weighted by atomic mass is 32.1. The van der Waals surface area contributed by atoms with Crippen LogP contribution in [0.15, 0.2) is 78.2 Å². The molecule has 182 valence electrons. The molecule has 7 nitrogen and oxygen atoms in total. The van der Waals surface area contributed by atoms with Crippen molar-refractivity contribution in [3.63, 3.8) is 0 Å². The molecule has 4 aromatic rings. The molecular formula is C28H25N3O4S. The van der Waals surface area contributed by atoms with E-state index < -0.39 is 6.04 Å². The summed E-state index contributed by atoms with van der Waals surface area (Å²) in [5.41, 5.74) is 3.86. The van der Waals surface area contributed by atoms with E-state index in [1.807, 2.05) is 60.8 Å². The van der Waals surface area contributed by atoms with Crippen LogP contribution in [0.25, 0.3) is 21.8 Å². The van der Waals surface area contributed by atoms with Crippen molar-refractivity contribution in [3.05, 3.63) is 78.2 Å². The Morgan fingerprint density at radius 3 is 2.64 bits per heavy atom. The van der Waals surface area contributed by atoms with Gasteiger partial charge in [-0.3, -0.25) is 14.5 Å². The largest absolute Gasteiger partial charge is 0.494 e. The van der Waals surface area contributed by atoms with Crippen molar-refractivity contribution >= 4 is 34.5 Å². The Kier molecular flexibility index (Phi) is 6.69. The highest BCUT2D eigenvalue weighted by Crippen LogP contribution is 2.38. The summed E-state index contributed by atoms with van der Waals surface area (Å²) in [5, 5.41) is 5.79. The maximum absolute atomic E-state index is 13.1. The summed E-state index contributed by atoms with van der Waals surface area (Å²) in [6.07, 6.45) is 0. The normalized spacial score (nSPS) is 13.5. The summed E-state index contributed by atoms with van der Waals surface area (Å²) in [6, 6.07) is 22.0. The number of carbonyl (C=O) groups excluding carboxylic acids is 2. The predicted molar refractivity (Wildman–Crippen MR) is 142 cm³/mol. The molecule has 0 saturated heterocycles. The van der Waals surface area contributed by atoms with Crippen LogP contribution in [-0.2, 0) is 9.59 Å². The number of thiazole rings is 1. The second-order valence-corrected chi connectivity index (χ2v) is 9.12. The Hall–Kier alpha value is -4.17. The Bertz CT molecular complexity index is 1390. The van der Waals surface area contributed by atoms with Crippen molar-refractivity contribution in [2.24, 2.45) is 0 Å². The van der Waals surface area contributed by atoms with E-state index in [9.17, 15) is 9.59 Å². The molecule has 0 fully saturated rings. The zero-order valence-electron chi connectivity index (χ0n) is 19.9. The average molecular weight is 500 g/mol. The van der Waals surface area contributed by atoms with Crippen molar-refractivity contribution in [3.8, 4) is 33.3 Å². The summed E-state index contributed by atoms with van der Waals surface area (Å²) in [5.74, 6) is 0.700. The molecule has 1 aromatic heterocycles. The number of carbonyl (C=O) groups is 2. The van der Waals surface area contributed by atoms with E-state index in [2.05, 4.69) is 5.32 Å². The molecule has 5 rings (SSSR count). The van der Waals surface area contributed by atoms with E-state index in [4.69, 9.17) is 14.5 Å².